The van der Waals surface area contributed by atoms with Gasteiger partial charge in [0.15, 0.2) is 5.82 Å². The Balaban J connectivity index is 2.00. The molecule has 21 heavy (non-hydrogen) atoms. The van der Waals surface area contributed by atoms with E-state index in [0.717, 1.165) is 18.6 Å². The third-order valence-corrected chi connectivity index (χ3v) is 2.56. The molecule has 0 amide bonds. The van der Waals surface area contributed by atoms with E-state index < -0.39 is 11.6 Å². The maximum atomic E-state index is 13.5. The number of aromatic nitrogens is 3. The summed E-state index contributed by atoms with van der Waals surface area (Å²) >= 11 is 0. The lowest BCUT2D eigenvalue weighted by Gasteiger charge is -2.08. The van der Waals surface area contributed by atoms with Crippen molar-refractivity contribution in [2.24, 2.45) is 0 Å². The van der Waals surface area contributed by atoms with Gasteiger partial charge in [0, 0.05) is 26.3 Å². The molecule has 0 bridgehead atoms. The zero-order chi connectivity index (χ0) is 15.1. The lowest BCUT2D eigenvalue weighted by molar-refractivity contribution is 0.197. The summed E-state index contributed by atoms with van der Waals surface area (Å²) in [4.78, 5) is 4.13. The lowest BCUT2D eigenvalue weighted by Crippen LogP contribution is -2.09. The van der Waals surface area contributed by atoms with Crippen molar-refractivity contribution in [3.05, 3.63) is 36.0 Å². The molecule has 2 aromatic rings. The monoisotopic (exact) mass is 295 g/mol. The van der Waals surface area contributed by atoms with Crippen LogP contribution in [0.1, 0.15) is 6.42 Å². The molecular weight excluding hydrogens is 280 g/mol. The molecule has 1 aromatic carbocycles. The first-order valence-corrected chi connectivity index (χ1v) is 6.33. The summed E-state index contributed by atoms with van der Waals surface area (Å²) in [6.45, 7) is 1.25. The zero-order valence-electron chi connectivity index (χ0n) is 11.4. The second-order valence-corrected chi connectivity index (χ2v) is 4.19. The molecule has 0 spiro atoms. The van der Waals surface area contributed by atoms with Crippen LogP contribution < -0.4 is 10.6 Å². The molecule has 2 rings (SSSR count). The molecule has 0 atom stereocenters. The largest absolute Gasteiger partial charge is 0.385 e. The zero-order valence-corrected chi connectivity index (χ0v) is 11.4. The highest BCUT2D eigenvalue weighted by molar-refractivity contribution is 5.56. The Morgan fingerprint density at radius 1 is 1.29 bits per heavy atom. The molecule has 2 N–H and O–H groups in total. The number of nitrogens with zero attached hydrogens (tertiary/aromatic N) is 3. The smallest absolute Gasteiger partial charge is 0.244 e. The summed E-state index contributed by atoms with van der Waals surface area (Å²) in [7, 11) is 1.62. The molecule has 0 aliphatic heterocycles. The fraction of sp³-hybridized carbons (Fsp3) is 0.308. The predicted molar refractivity (Wildman–Crippen MR) is 74.5 cm³/mol. The van der Waals surface area contributed by atoms with Gasteiger partial charge in [-0.2, -0.15) is 10.1 Å². The van der Waals surface area contributed by atoms with Crippen LogP contribution >= 0.6 is 0 Å². The third kappa shape index (κ3) is 4.60. The minimum Gasteiger partial charge on any atom is -0.385 e. The third-order valence-electron chi connectivity index (χ3n) is 2.56. The normalized spacial score (nSPS) is 10.4. The molecule has 0 radical (unpaired) electrons. The molecule has 0 saturated carbocycles. The molecule has 6 nitrogen and oxygen atoms in total. The fourth-order valence-corrected chi connectivity index (χ4v) is 1.58. The van der Waals surface area contributed by atoms with Gasteiger partial charge in [0.1, 0.15) is 11.6 Å². The Morgan fingerprint density at radius 3 is 2.90 bits per heavy atom. The van der Waals surface area contributed by atoms with E-state index in [4.69, 9.17) is 4.74 Å². The Hall–Kier alpha value is -2.35. The van der Waals surface area contributed by atoms with Crippen LogP contribution in [0.3, 0.4) is 0 Å². The standard InChI is InChI=1S/C13H15F2N5O/c1-21-6-2-5-16-13-19-12(8-17-20-13)18-11-4-3-9(14)7-10(11)15/h3-4,7-8H,2,5-6H2,1H3,(H2,16,18,19,20). The summed E-state index contributed by atoms with van der Waals surface area (Å²) in [5, 5.41) is 13.3. The second kappa shape index (κ2) is 7.44. The lowest BCUT2D eigenvalue weighted by atomic mass is 10.3. The number of rotatable bonds is 7. The van der Waals surface area contributed by atoms with Crippen LogP contribution in [0.2, 0.25) is 0 Å². The van der Waals surface area contributed by atoms with E-state index >= 15 is 0 Å². The van der Waals surface area contributed by atoms with Crippen LogP contribution in [0, 0.1) is 11.6 Å². The number of hydrogen-bond acceptors (Lipinski definition) is 6. The highest BCUT2D eigenvalue weighted by Gasteiger charge is 2.06. The first-order chi connectivity index (χ1) is 10.2. The predicted octanol–water partition coefficient (Wildman–Crippen LogP) is 2.34. The molecule has 112 valence electrons. The van der Waals surface area contributed by atoms with Crippen molar-refractivity contribution in [1.82, 2.24) is 15.2 Å². The Bertz CT molecular complexity index is 597. The van der Waals surface area contributed by atoms with E-state index in [9.17, 15) is 8.78 Å². The van der Waals surface area contributed by atoms with Crippen molar-refractivity contribution in [3.8, 4) is 0 Å². The van der Waals surface area contributed by atoms with Gasteiger partial charge in [0.05, 0.1) is 11.9 Å². The molecule has 1 heterocycles. The number of methoxy groups -OCH3 is 1. The van der Waals surface area contributed by atoms with Crippen molar-refractivity contribution >= 4 is 17.5 Å². The van der Waals surface area contributed by atoms with Crippen LogP contribution in [-0.4, -0.2) is 35.4 Å². The number of benzene rings is 1. The number of hydrogen-bond donors (Lipinski definition) is 2. The van der Waals surface area contributed by atoms with Gasteiger partial charge in [-0.15, -0.1) is 5.10 Å². The molecule has 0 unspecified atom stereocenters. The topological polar surface area (TPSA) is 72.0 Å². The molecule has 0 aliphatic carbocycles. The summed E-state index contributed by atoms with van der Waals surface area (Å²) in [6.07, 6.45) is 2.15. The van der Waals surface area contributed by atoms with Gasteiger partial charge in [-0.3, -0.25) is 0 Å². The van der Waals surface area contributed by atoms with E-state index in [1.807, 2.05) is 0 Å². The molecule has 1 aromatic heterocycles. The van der Waals surface area contributed by atoms with Crippen LogP contribution in [0.25, 0.3) is 0 Å². The summed E-state index contributed by atoms with van der Waals surface area (Å²) < 4.78 is 31.3. The van der Waals surface area contributed by atoms with Gasteiger partial charge in [0.25, 0.3) is 0 Å². The Morgan fingerprint density at radius 2 is 2.14 bits per heavy atom. The first kappa shape index (κ1) is 15.0. The quantitative estimate of drug-likeness (QED) is 0.764. The van der Waals surface area contributed by atoms with Crippen LogP contribution in [0.4, 0.5) is 26.2 Å². The Labute approximate surface area is 120 Å². The van der Waals surface area contributed by atoms with E-state index in [-0.39, 0.29) is 5.69 Å². The molecule has 8 heteroatoms. The van der Waals surface area contributed by atoms with Crippen molar-refractivity contribution in [1.29, 1.82) is 0 Å². The molecule has 0 aliphatic rings. The number of anilines is 3. The average molecular weight is 295 g/mol. The molecular formula is C13H15F2N5O. The summed E-state index contributed by atoms with van der Waals surface area (Å²) in [5.41, 5.74) is 0.113. The van der Waals surface area contributed by atoms with E-state index in [0.29, 0.717) is 24.9 Å². The Kier molecular flexibility index (Phi) is 5.33. The molecule has 0 saturated heterocycles. The minimum absolute atomic E-state index is 0.113. The van der Waals surface area contributed by atoms with Crippen molar-refractivity contribution in [3.63, 3.8) is 0 Å². The fourth-order valence-electron chi connectivity index (χ4n) is 1.58. The van der Waals surface area contributed by atoms with Gasteiger partial charge in [0.2, 0.25) is 5.95 Å². The van der Waals surface area contributed by atoms with Gasteiger partial charge in [-0.1, -0.05) is 0 Å². The van der Waals surface area contributed by atoms with Crippen molar-refractivity contribution in [2.45, 2.75) is 6.42 Å². The summed E-state index contributed by atoms with van der Waals surface area (Å²) in [5.74, 6) is -0.717. The van der Waals surface area contributed by atoms with E-state index in [1.54, 1.807) is 7.11 Å². The van der Waals surface area contributed by atoms with Gasteiger partial charge in [-0.05, 0) is 18.6 Å². The van der Waals surface area contributed by atoms with Gasteiger partial charge in [-0.25, -0.2) is 8.78 Å². The first-order valence-electron chi connectivity index (χ1n) is 6.33. The maximum absolute atomic E-state index is 13.5. The second-order valence-electron chi connectivity index (χ2n) is 4.19. The SMILES string of the molecule is COCCCNc1nncc(Nc2ccc(F)cc2F)n1. The molecule has 0 fully saturated rings. The van der Waals surface area contributed by atoms with Gasteiger partial charge >= 0.3 is 0 Å². The maximum Gasteiger partial charge on any atom is 0.244 e. The summed E-state index contributed by atoms with van der Waals surface area (Å²) in [6, 6.07) is 3.24. The minimum atomic E-state index is -0.705. The average Bonchev–Trinajstić information content (AvgIpc) is 2.47. The van der Waals surface area contributed by atoms with Crippen LogP contribution in [0.5, 0.6) is 0 Å². The number of nitrogens with one attached hydrogen (secondary N) is 2. The van der Waals surface area contributed by atoms with E-state index in [2.05, 4.69) is 25.8 Å². The van der Waals surface area contributed by atoms with Crippen LogP contribution in [0.15, 0.2) is 24.4 Å². The van der Waals surface area contributed by atoms with Crippen molar-refractivity contribution < 1.29 is 13.5 Å². The number of halogens is 2. The number of ether oxygens (including phenoxy) is 1. The van der Waals surface area contributed by atoms with Crippen molar-refractivity contribution in [2.75, 3.05) is 30.9 Å². The van der Waals surface area contributed by atoms with E-state index in [1.165, 1.54) is 12.3 Å². The highest BCUT2D eigenvalue weighted by Crippen LogP contribution is 2.19. The van der Waals surface area contributed by atoms with Crippen LogP contribution in [-0.2, 0) is 4.74 Å². The highest BCUT2D eigenvalue weighted by atomic mass is 19.1. The van der Waals surface area contributed by atoms with Gasteiger partial charge < -0.3 is 15.4 Å².